The van der Waals surface area contributed by atoms with E-state index in [2.05, 4.69) is 16.9 Å². The molecule has 1 unspecified atom stereocenters. The number of amidine groups is 1. The summed E-state index contributed by atoms with van der Waals surface area (Å²) >= 11 is 2.38. The summed E-state index contributed by atoms with van der Waals surface area (Å²) in [5, 5.41) is 15.1. The lowest BCUT2D eigenvalue weighted by atomic mass is 9.96. The Morgan fingerprint density at radius 2 is 1.93 bits per heavy atom. The number of thioether (sulfide) groups is 1. The molecule has 0 bridgehead atoms. The molecule has 4 heterocycles. The van der Waals surface area contributed by atoms with Crippen LogP contribution in [0.25, 0.3) is 21.2 Å². The average Bonchev–Trinajstić information content (AvgIpc) is 3.71. The topological polar surface area (TPSA) is 102 Å². The van der Waals surface area contributed by atoms with Gasteiger partial charge in [-0.05, 0) is 55.7 Å². The molecule has 1 saturated heterocycles. The molecule has 1 amide bonds. The number of hydrogen-bond donors (Lipinski definition) is 3. The second-order valence-electron chi connectivity index (χ2n) is 11.3. The van der Waals surface area contributed by atoms with Crippen molar-refractivity contribution >= 4 is 51.3 Å². The van der Waals surface area contributed by atoms with E-state index in [1.165, 1.54) is 24.0 Å². The number of aromatic amines is 1. The molecule has 0 radical (unpaired) electrons. The molecule has 1 aliphatic carbocycles. The largest absolute Gasteiger partial charge is 0.417 e. The molecular weight excluding hydrogens is 599 g/mol. The van der Waals surface area contributed by atoms with Crippen molar-refractivity contribution in [2.24, 2.45) is 0 Å². The van der Waals surface area contributed by atoms with Crippen LogP contribution in [0.3, 0.4) is 0 Å². The predicted molar refractivity (Wildman–Crippen MR) is 164 cm³/mol. The van der Waals surface area contributed by atoms with Crippen LogP contribution in [0, 0.1) is 5.41 Å². The Morgan fingerprint density at radius 3 is 2.58 bits per heavy atom. The minimum Gasteiger partial charge on any atom is -0.381 e. The van der Waals surface area contributed by atoms with E-state index in [0.29, 0.717) is 28.3 Å². The first-order chi connectivity index (χ1) is 20.5. The van der Waals surface area contributed by atoms with Crippen molar-refractivity contribution in [3.63, 3.8) is 0 Å². The molecule has 1 saturated carbocycles. The quantitative estimate of drug-likeness (QED) is 0.188. The second-order valence-corrected chi connectivity index (χ2v) is 13.2. The lowest BCUT2D eigenvalue weighted by Gasteiger charge is -2.45. The summed E-state index contributed by atoms with van der Waals surface area (Å²) < 4.78 is 51.1. The Balaban J connectivity index is 1.50. The van der Waals surface area contributed by atoms with Crippen LogP contribution in [0.4, 0.5) is 18.9 Å². The van der Waals surface area contributed by atoms with Crippen LogP contribution in [0.5, 0.6) is 0 Å². The molecule has 3 aliphatic rings. The number of amides is 1. The molecule has 2 aromatic heterocycles. The number of benzene rings is 1. The van der Waals surface area contributed by atoms with Gasteiger partial charge >= 0.3 is 6.18 Å². The summed E-state index contributed by atoms with van der Waals surface area (Å²) in [6.07, 6.45) is -0.161. The van der Waals surface area contributed by atoms with Crippen LogP contribution in [-0.4, -0.2) is 76.2 Å². The number of anilines is 1. The molecule has 3 aromatic rings. The number of nitrogens with one attached hydrogen (secondary N) is 3. The van der Waals surface area contributed by atoms with Gasteiger partial charge in [-0.25, -0.2) is 0 Å². The minimum absolute atomic E-state index is 0.0524. The zero-order valence-corrected chi connectivity index (χ0v) is 25.3. The van der Waals surface area contributed by atoms with Crippen molar-refractivity contribution in [3.8, 4) is 10.4 Å². The summed E-state index contributed by atoms with van der Waals surface area (Å²) in [5.74, 6) is 0.149. The maximum Gasteiger partial charge on any atom is 0.417 e. The van der Waals surface area contributed by atoms with Gasteiger partial charge in [-0.3, -0.25) is 15.0 Å². The van der Waals surface area contributed by atoms with E-state index in [1.54, 1.807) is 21.2 Å². The number of H-pyrrole nitrogens is 1. The van der Waals surface area contributed by atoms with E-state index in [9.17, 15) is 28.2 Å². The highest BCUT2D eigenvalue weighted by atomic mass is 32.2. The zero-order valence-electron chi connectivity index (χ0n) is 23.7. The number of halogens is 3. The van der Waals surface area contributed by atoms with Crippen LogP contribution in [0.15, 0.2) is 46.1 Å². The Kier molecular flexibility index (Phi) is 7.84. The minimum atomic E-state index is -4.76. The molecule has 228 valence electrons. The molecule has 3 atom stereocenters. The molecular formula is C30H32F3N5O3S2. The number of carbonyl (C=O) groups is 1. The van der Waals surface area contributed by atoms with E-state index in [4.69, 9.17) is 4.74 Å². The highest BCUT2D eigenvalue weighted by molar-refractivity contribution is 7.99. The fraction of sp³-hybridized carbons (Fsp3) is 0.433. The fourth-order valence-corrected chi connectivity index (χ4v) is 8.43. The van der Waals surface area contributed by atoms with E-state index in [1.807, 2.05) is 13.8 Å². The number of alkyl halides is 3. The number of thiophene rings is 1. The van der Waals surface area contributed by atoms with Crippen molar-refractivity contribution in [1.82, 2.24) is 14.8 Å². The monoisotopic (exact) mass is 631 g/mol. The van der Waals surface area contributed by atoms with Gasteiger partial charge in [-0.2, -0.15) is 13.2 Å². The van der Waals surface area contributed by atoms with Gasteiger partial charge in [0.2, 0.25) is 5.91 Å². The lowest BCUT2D eigenvalue weighted by Crippen LogP contribution is -2.59. The first-order valence-corrected chi connectivity index (χ1v) is 16.0. The van der Waals surface area contributed by atoms with E-state index >= 15 is 0 Å². The summed E-state index contributed by atoms with van der Waals surface area (Å²) in [4.78, 5) is 32.0. The van der Waals surface area contributed by atoms with Crippen LogP contribution in [0.1, 0.15) is 37.8 Å². The van der Waals surface area contributed by atoms with Crippen molar-refractivity contribution in [2.45, 2.75) is 62.1 Å². The van der Waals surface area contributed by atoms with Gasteiger partial charge in [0.15, 0.2) is 0 Å². The van der Waals surface area contributed by atoms with Gasteiger partial charge in [0.25, 0.3) is 5.56 Å². The first-order valence-electron chi connectivity index (χ1n) is 14.2. The fourth-order valence-electron chi connectivity index (χ4n) is 6.04. The Morgan fingerprint density at radius 1 is 1.21 bits per heavy atom. The normalized spacial score (nSPS) is 22.6. The molecule has 13 heteroatoms. The molecule has 2 aliphatic heterocycles. The van der Waals surface area contributed by atoms with Crippen LogP contribution < -0.4 is 10.9 Å². The zero-order chi connectivity index (χ0) is 30.6. The Bertz CT molecular complexity index is 1650. The predicted octanol–water partition coefficient (Wildman–Crippen LogP) is 5.77. The third-order valence-corrected chi connectivity index (χ3v) is 10.3. The van der Waals surface area contributed by atoms with Gasteiger partial charge in [0.1, 0.15) is 5.84 Å². The van der Waals surface area contributed by atoms with Gasteiger partial charge in [-0.1, -0.05) is 6.58 Å². The number of nitrogens with zero attached hydrogens (tertiary/aromatic N) is 2. The molecule has 0 spiro atoms. The van der Waals surface area contributed by atoms with Crippen molar-refractivity contribution < 1.29 is 22.7 Å². The van der Waals surface area contributed by atoms with Crippen molar-refractivity contribution in [2.75, 3.05) is 30.7 Å². The highest BCUT2D eigenvalue weighted by Gasteiger charge is 2.41. The first kappa shape index (κ1) is 29.8. The molecule has 43 heavy (non-hydrogen) atoms. The Labute approximate surface area is 254 Å². The summed E-state index contributed by atoms with van der Waals surface area (Å²) in [7, 11) is 0. The smallest absolute Gasteiger partial charge is 0.381 e. The number of pyridine rings is 1. The van der Waals surface area contributed by atoms with E-state index in [-0.39, 0.29) is 70.5 Å². The number of carbonyl (C=O) groups excluding carboxylic acids is 1. The van der Waals surface area contributed by atoms with Gasteiger partial charge < -0.3 is 24.8 Å². The summed E-state index contributed by atoms with van der Waals surface area (Å²) in [5.41, 5.74) is -0.843. The molecule has 8 nitrogen and oxygen atoms in total. The standard InChI is InChI=1S/C30H32F3N5O3S2/c1-4-22(39)38-15(2)11-37(12-16(38)3)28(34)20-9-21(30(31,32)33)24(26-23-17(13-42-26)7-8-35-29(23)40)27-25(20)36-10-19(14-43-27)41-18-5-6-18/h4,7-9,13,15-16,18-19,34,36H,1,5-6,10-12,14H2,2-3H3,(H,35,40)/t15-,16+,19?. The van der Waals surface area contributed by atoms with Gasteiger partial charge in [-0.15, -0.1) is 23.1 Å². The van der Waals surface area contributed by atoms with Crippen LogP contribution in [0.2, 0.25) is 0 Å². The summed E-state index contributed by atoms with van der Waals surface area (Å²) in [6, 6.07) is 2.16. The number of ether oxygens (including phenoxy) is 1. The second kappa shape index (κ2) is 11.3. The van der Waals surface area contributed by atoms with Crippen LogP contribution >= 0.6 is 23.1 Å². The third kappa shape index (κ3) is 5.58. The maximum absolute atomic E-state index is 15.0. The number of rotatable bonds is 5. The molecule has 2 fully saturated rings. The van der Waals surface area contributed by atoms with Crippen molar-refractivity contribution in [1.29, 1.82) is 5.41 Å². The number of piperazine rings is 1. The van der Waals surface area contributed by atoms with E-state index in [0.717, 1.165) is 30.2 Å². The molecule has 1 aromatic carbocycles. The van der Waals surface area contributed by atoms with Gasteiger partial charge in [0.05, 0.1) is 28.8 Å². The number of aromatic nitrogens is 1. The maximum atomic E-state index is 15.0. The number of fused-ring (bicyclic) bond motifs is 2. The third-order valence-electron chi connectivity index (χ3n) is 8.09. The summed E-state index contributed by atoms with van der Waals surface area (Å²) in [6.45, 7) is 8.24. The molecule has 6 rings (SSSR count). The number of hydrogen-bond acceptors (Lipinski definition) is 7. The average molecular weight is 632 g/mol. The highest BCUT2D eigenvalue weighted by Crippen LogP contribution is 2.51. The van der Waals surface area contributed by atoms with Gasteiger partial charge in [0, 0.05) is 64.6 Å². The SMILES string of the molecule is C=CC(=O)N1[C@H](C)CN(C(=N)c2cc(C(F)(F)F)c(-c3scc4cc[nH]c(=O)c34)c3c2NCC(OC2CC2)CS3)C[C@@H]1C. The van der Waals surface area contributed by atoms with Crippen molar-refractivity contribution in [3.05, 3.63) is 57.8 Å². The molecule has 3 N–H and O–H groups in total. The van der Waals surface area contributed by atoms with Crippen LogP contribution in [-0.2, 0) is 15.7 Å². The van der Waals surface area contributed by atoms with E-state index < -0.39 is 17.3 Å². The lowest BCUT2D eigenvalue weighted by molar-refractivity contribution is -0.137. The Hall–Kier alpha value is -3.29.